The molecule has 44 heavy (non-hydrogen) atoms. The average molecular weight is 619 g/mol. The second kappa shape index (κ2) is 15.1. The van der Waals surface area contributed by atoms with Crippen LogP contribution in [-0.4, -0.2) is 102 Å². The highest BCUT2D eigenvalue weighted by atomic mass is 16.5. The molecule has 0 unspecified atom stereocenters. The van der Waals surface area contributed by atoms with E-state index >= 15 is 0 Å². The van der Waals surface area contributed by atoms with Crippen LogP contribution in [0.1, 0.15) is 70.5 Å². The number of aliphatic carboxylic acids is 3. The third-order valence-corrected chi connectivity index (χ3v) is 7.66. The molecule has 2 aliphatic heterocycles. The van der Waals surface area contributed by atoms with E-state index in [0.717, 1.165) is 70.3 Å². The molecular weight excluding hydrogens is 572 g/mol. The molecule has 0 saturated carbocycles. The van der Waals surface area contributed by atoms with Gasteiger partial charge in [-0.25, -0.2) is 4.79 Å². The van der Waals surface area contributed by atoms with Crippen molar-refractivity contribution in [2.45, 2.75) is 95.7 Å². The number of aromatic nitrogens is 1. The van der Waals surface area contributed by atoms with Crippen molar-refractivity contribution in [1.82, 2.24) is 20.1 Å². The minimum absolute atomic E-state index is 0.105. The monoisotopic (exact) mass is 618 g/mol. The van der Waals surface area contributed by atoms with Crippen molar-refractivity contribution in [3.8, 4) is 0 Å². The molecule has 4 heterocycles. The summed E-state index contributed by atoms with van der Waals surface area (Å²) in [6, 6.07) is 9.03. The van der Waals surface area contributed by atoms with E-state index in [9.17, 15) is 14.4 Å². The highest BCUT2D eigenvalue weighted by molar-refractivity contribution is 5.88. The van der Waals surface area contributed by atoms with Gasteiger partial charge in [-0.1, -0.05) is 0 Å². The second-order valence-electron chi connectivity index (χ2n) is 12.9. The number of carbonyl (C=O) groups is 3. The number of carboxylic acids is 3. The van der Waals surface area contributed by atoms with E-state index in [-0.39, 0.29) is 11.1 Å². The maximum absolute atomic E-state index is 10.3. The van der Waals surface area contributed by atoms with Crippen LogP contribution in [0.3, 0.4) is 0 Å². The Bertz CT molecular complexity index is 1210. The molecule has 0 spiro atoms. The third-order valence-electron chi connectivity index (χ3n) is 7.66. The first-order valence-corrected chi connectivity index (χ1v) is 14.8. The largest absolute Gasteiger partial charge is 0.481 e. The summed E-state index contributed by atoms with van der Waals surface area (Å²) in [6.07, 6.45) is 3.71. The number of nitrogens with one attached hydrogen (secondary N) is 1. The Labute approximate surface area is 257 Å². The predicted octanol–water partition coefficient (Wildman–Crippen LogP) is 2.57. The van der Waals surface area contributed by atoms with E-state index in [4.69, 9.17) is 29.6 Å². The lowest BCUT2D eigenvalue weighted by atomic mass is 9.79. The quantitative estimate of drug-likeness (QED) is 0.234. The van der Waals surface area contributed by atoms with Gasteiger partial charge in [-0.05, 0) is 70.4 Å². The summed E-state index contributed by atoms with van der Waals surface area (Å²) < 4.78 is 11.8. The summed E-state index contributed by atoms with van der Waals surface area (Å²) in [6.45, 7) is 15.4. The number of rotatable bonds is 12. The Morgan fingerprint density at radius 2 is 1.48 bits per heavy atom. The van der Waals surface area contributed by atoms with Gasteiger partial charge < -0.3 is 34.9 Å². The minimum atomic E-state index is -2.74. The van der Waals surface area contributed by atoms with Crippen molar-refractivity contribution in [3.05, 3.63) is 53.7 Å². The van der Waals surface area contributed by atoms with Gasteiger partial charge in [0.2, 0.25) is 0 Å². The summed E-state index contributed by atoms with van der Waals surface area (Å²) in [5.41, 5.74) is -1.23. The molecule has 0 atom stereocenters. The van der Waals surface area contributed by atoms with Gasteiger partial charge >= 0.3 is 17.9 Å². The topological polar surface area (TPSA) is 186 Å². The van der Waals surface area contributed by atoms with Gasteiger partial charge in [0.1, 0.15) is 11.5 Å². The molecule has 2 aromatic rings. The molecule has 2 fully saturated rings. The molecule has 4 rings (SSSR count). The predicted molar refractivity (Wildman–Crippen MR) is 160 cm³/mol. The molecule has 5 N–H and O–H groups in total. The number of ether oxygens (including phenoxy) is 1. The standard InChI is InChI=1S/C25H38N4O2.C6H8O7/c1-24(2)15-21(16-25(3,4)27-24)29(17-20-7-9-26-10-8-20)19-23-6-5-22(31-23)18-28-11-13-30-14-12-28;7-3(8)1-6(13,5(11)12)2-4(9)10/h5-10,21,27H,11-19H2,1-4H3;13H,1-2H2,(H,7,8)(H,9,10)(H,11,12). The SMILES string of the molecule is CC1(C)CC(N(Cc2ccncc2)Cc2ccc(CN3CCOCC3)o2)CC(C)(C)N1.O=C(O)CC(O)(CC(=O)O)C(=O)O. The van der Waals surface area contributed by atoms with Gasteiger partial charge in [-0.3, -0.25) is 24.4 Å². The zero-order valence-electron chi connectivity index (χ0n) is 26.0. The van der Waals surface area contributed by atoms with E-state index in [1.807, 2.05) is 12.4 Å². The number of nitrogens with zero attached hydrogens (tertiary/aromatic N) is 3. The maximum atomic E-state index is 10.3. The molecule has 2 aliphatic rings. The van der Waals surface area contributed by atoms with Crippen LogP contribution in [0.15, 0.2) is 41.1 Å². The number of carboxylic acid groups (broad SMARTS) is 3. The number of hydrogen-bond acceptors (Lipinski definition) is 10. The number of aliphatic hydroxyl groups is 1. The molecule has 0 bridgehead atoms. The number of pyridine rings is 1. The van der Waals surface area contributed by atoms with E-state index in [2.05, 4.69) is 72.1 Å². The first-order valence-electron chi connectivity index (χ1n) is 14.8. The first-order chi connectivity index (χ1) is 20.6. The average Bonchev–Trinajstić information content (AvgIpc) is 3.33. The van der Waals surface area contributed by atoms with Gasteiger partial charge in [0.05, 0.1) is 39.1 Å². The van der Waals surface area contributed by atoms with Gasteiger partial charge in [-0.15, -0.1) is 0 Å². The zero-order valence-corrected chi connectivity index (χ0v) is 26.0. The second-order valence-corrected chi connectivity index (χ2v) is 12.9. The number of piperidine rings is 1. The van der Waals surface area contributed by atoms with Crippen LogP contribution < -0.4 is 5.32 Å². The lowest BCUT2D eigenvalue weighted by Gasteiger charge is -2.49. The third kappa shape index (κ3) is 11.3. The Balaban J connectivity index is 0.000000345. The highest BCUT2D eigenvalue weighted by Crippen LogP contribution is 2.33. The molecular formula is C31H46N4O9. The first kappa shape index (κ1) is 35.1. The summed E-state index contributed by atoms with van der Waals surface area (Å²) in [5, 5.41) is 37.6. The molecule has 244 valence electrons. The van der Waals surface area contributed by atoms with Crippen molar-refractivity contribution in [3.63, 3.8) is 0 Å². The molecule has 13 nitrogen and oxygen atoms in total. The Hall–Kier alpha value is -3.36. The minimum Gasteiger partial charge on any atom is -0.481 e. The molecule has 13 heteroatoms. The van der Waals surface area contributed by atoms with E-state index < -0.39 is 36.4 Å². The lowest BCUT2D eigenvalue weighted by Crippen LogP contribution is -2.62. The van der Waals surface area contributed by atoms with E-state index in [1.165, 1.54) is 5.56 Å². The molecule has 2 aromatic heterocycles. The van der Waals surface area contributed by atoms with Crippen molar-refractivity contribution < 1.29 is 44.0 Å². The van der Waals surface area contributed by atoms with Crippen molar-refractivity contribution >= 4 is 17.9 Å². The van der Waals surface area contributed by atoms with Gasteiger partial charge in [-0.2, -0.15) is 0 Å². The summed E-state index contributed by atoms with van der Waals surface area (Å²) in [4.78, 5) is 39.7. The fourth-order valence-electron chi connectivity index (χ4n) is 6.05. The summed E-state index contributed by atoms with van der Waals surface area (Å²) >= 11 is 0. The van der Waals surface area contributed by atoms with Crippen LogP contribution in [0.2, 0.25) is 0 Å². The molecule has 0 radical (unpaired) electrons. The lowest BCUT2D eigenvalue weighted by molar-refractivity contribution is -0.170. The number of hydrogen-bond donors (Lipinski definition) is 5. The Morgan fingerprint density at radius 3 is 2.00 bits per heavy atom. The van der Waals surface area contributed by atoms with Gasteiger partial charge in [0.15, 0.2) is 5.60 Å². The fraction of sp³-hybridized carbons (Fsp3) is 0.613. The molecule has 2 saturated heterocycles. The maximum Gasteiger partial charge on any atom is 0.336 e. The Morgan fingerprint density at radius 1 is 0.932 bits per heavy atom. The highest BCUT2D eigenvalue weighted by Gasteiger charge is 2.41. The van der Waals surface area contributed by atoms with E-state index in [1.54, 1.807) is 0 Å². The van der Waals surface area contributed by atoms with Crippen LogP contribution in [0, 0.1) is 0 Å². The molecule has 0 amide bonds. The van der Waals surface area contributed by atoms with Gasteiger partial charge in [0, 0.05) is 49.1 Å². The van der Waals surface area contributed by atoms with Crippen LogP contribution in [0.4, 0.5) is 0 Å². The molecule has 0 aromatic carbocycles. The fourth-order valence-corrected chi connectivity index (χ4v) is 6.05. The van der Waals surface area contributed by atoms with Gasteiger partial charge in [0.25, 0.3) is 0 Å². The van der Waals surface area contributed by atoms with E-state index in [0.29, 0.717) is 6.04 Å². The van der Waals surface area contributed by atoms with Crippen LogP contribution in [-0.2, 0) is 38.8 Å². The number of furan rings is 1. The zero-order chi connectivity index (χ0) is 32.5. The summed E-state index contributed by atoms with van der Waals surface area (Å²) in [7, 11) is 0. The normalized spacial score (nSPS) is 18.8. The summed E-state index contributed by atoms with van der Waals surface area (Å²) in [5.74, 6) is -2.92. The van der Waals surface area contributed by atoms with Crippen molar-refractivity contribution in [1.29, 1.82) is 0 Å². The van der Waals surface area contributed by atoms with Crippen LogP contribution in [0.5, 0.6) is 0 Å². The number of morpholine rings is 1. The molecule has 0 aliphatic carbocycles. The van der Waals surface area contributed by atoms with Crippen LogP contribution >= 0.6 is 0 Å². The van der Waals surface area contributed by atoms with Crippen molar-refractivity contribution in [2.75, 3.05) is 26.3 Å². The van der Waals surface area contributed by atoms with Crippen LogP contribution in [0.25, 0.3) is 0 Å². The van der Waals surface area contributed by atoms with Crippen molar-refractivity contribution in [2.24, 2.45) is 0 Å². The Kier molecular flexibility index (Phi) is 12.0. The smallest absolute Gasteiger partial charge is 0.336 e.